The summed E-state index contributed by atoms with van der Waals surface area (Å²) in [6.07, 6.45) is 4.61. The standard InChI is InChI=1S/C15H21NO/c1-3-12-8-7-11-14(12)15(17)16(2)13-9-5-4-6-10-13/h4-6,9-10,12,14H,3,7-8,11H2,1-2H3/t12-,14-/m1/s1. The van der Waals surface area contributed by atoms with Crippen molar-refractivity contribution in [1.29, 1.82) is 0 Å². The molecule has 0 spiro atoms. The Morgan fingerprint density at radius 3 is 2.65 bits per heavy atom. The van der Waals surface area contributed by atoms with Crippen LogP contribution in [-0.4, -0.2) is 13.0 Å². The van der Waals surface area contributed by atoms with Crippen LogP contribution < -0.4 is 4.90 Å². The average Bonchev–Trinajstić information content (AvgIpc) is 2.86. The van der Waals surface area contributed by atoms with Crippen LogP contribution in [0.4, 0.5) is 5.69 Å². The molecule has 0 bridgehead atoms. The Kier molecular flexibility index (Phi) is 3.82. The van der Waals surface area contributed by atoms with E-state index in [1.54, 1.807) is 0 Å². The summed E-state index contributed by atoms with van der Waals surface area (Å²) in [5.41, 5.74) is 0.999. The number of hydrogen-bond acceptors (Lipinski definition) is 1. The van der Waals surface area contributed by atoms with Gasteiger partial charge in [-0.05, 0) is 30.9 Å². The fourth-order valence-electron chi connectivity index (χ4n) is 2.88. The molecule has 2 atom stereocenters. The summed E-state index contributed by atoms with van der Waals surface area (Å²) in [6.45, 7) is 2.19. The molecule has 92 valence electrons. The molecule has 0 aliphatic heterocycles. The Morgan fingerprint density at radius 2 is 2.00 bits per heavy atom. The van der Waals surface area contributed by atoms with Crippen molar-refractivity contribution in [2.75, 3.05) is 11.9 Å². The van der Waals surface area contributed by atoms with Crippen LogP contribution in [0.2, 0.25) is 0 Å². The zero-order valence-electron chi connectivity index (χ0n) is 10.7. The molecule has 2 nitrogen and oxygen atoms in total. The van der Waals surface area contributed by atoms with Gasteiger partial charge < -0.3 is 4.90 Å². The first-order chi connectivity index (χ1) is 8.24. The number of carbonyl (C=O) groups excluding carboxylic acids is 1. The van der Waals surface area contributed by atoms with Crippen molar-refractivity contribution in [3.8, 4) is 0 Å². The Morgan fingerprint density at radius 1 is 1.29 bits per heavy atom. The van der Waals surface area contributed by atoms with Gasteiger partial charge in [-0.3, -0.25) is 4.79 Å². The molecule has 0 heterocycles. The number of carbonyl (C=O) groups is 1. The molecule has 0 aromatic heterocycles. The van der Waals surface area contributed by atoms with Gasteiger partial charge in [0.05, 0.1) is 0 Å². The Balaban J connectivity index is 2.10. The summed E-state index contributed by atoms with van der Waals surface area (Å²) in [6, 6.07) is 9.92. The first-order valence-corrected chi connectivity index (χ1v) is 6.56. The lowest BCUT2D eigenvalue weighted by atomic mass is 9.92. The highest BCUT2D eigenvalue weighted by Crippen LogP contribution is 2.35. The summed E-state index contributed by atoms with van der Waals surface area (Å²) in [5, 5.41) is 0. The molecule has 1 aromatic carbocycles. The second kappa shape index (κ2) is 5.35. The minimum absolute atomic E-state index is 0.241. The van der Waals surface area contributed by atoms with Gasteiger partial charge in [-0.15, -0.1) is 0 Å². The monoisotopic (exact) mass is 231 g/mol. The molecule has 2 rings (SSSR count). The van der Waals surface area contributed by atoms with Gasteiger partial charge in [-0.1, -0.05) is 38.0 Å². The summed E-state index contributed by atoms with van der Waals surface area (Å²) in [7, 11) is 1.89. The smallest absolute Gasteiger partial charge is 0.230 e. The van der Waals surface area contributed by atoms with Crippen LogP contribution in [0.3, 0.4) is 0 Å². The summed E-state index contributed by atoms with van der Waals surface area (Å²) in [4.78, 5) is 14.3. The highest BCUT2D eigenvalue weighted by atomic mass is 16.2. The number of para-hydroxylation sites is 1. The average molecular weight is 231 g/mol. The summed E-state index contributed by atoms with van der Waals surface area (Å²) < 4.78 is 0. The minimum atomic E-state index is 0.241. The summed E-state index contributed by atoms with van der Waals surface area (Å²) in [5.74, 6) is 1.12. The van der Waals surface area contributed by atoms with Gasteiger partial charge in [0.2, 0.25) is 5.91 Å². The van der Waals surface area contributed by atoms with Crippen LogP contribution in [-0.2, 0) is 4.79 Å². The van der Waals surface area contributed by atoms with Crippen molar-refractivity contribution < 1.29 is 4.79 Å². The van der Waals surface area contributed by atoms with Gasteiger partial charge >= 0.3 is 0 Å². The zero-order chi connectivity index (χ0) is 12.3. The SMILES string of the molecule is CC[C@@H]1CCC[C@H]1C(=O)N(C)c1ccccc1. The normalized spacial score (nSPS) is 23.6. The summed E-state index contributed by atoms with van der Waals surface area (Å²) >= 11 is 0. The third-order valence-corrected chi connectivity index (χ3v) is 3.97. The van der Waals surface area contributed by atoms with Gasteiger partial charge in [0.1, 0.15) is 0 Å². The van der Waals surface area contributed by atoms with Crippen LogP contribution in [0.25, 0.3) is 0 Å². The lowest BCUT2D eigenvalue weighted by Gasteiger charge is -2.24. The lowest BCUT2D eigenvalue weighted by molar-refractivity contribution is -0.123. The third kappa shape index (κ3) is 2.51. The van der Waals surface area contributed by atoms with Crippen molar-refractivity contribution in [2.24, 2.45) is 11.8 Å². The first kappa shape index (κ1) is 12.2. The van der Waals surface area contributed by atoms with Gasteiger partial charge in [0, 0.05) is 18.7 Å². The first-order valence-electron chi connectivity index (χ1n) is 6.56. The highest BCUT2D eigenvalue weighted by molar-refractivity contribution is 5.94. The van der Waals surface area contributed by atoms with E-state index in [-0.39, 0.29) is 5.92 Å². The highest BCUT2D eigenvalue weighted by Gasteiger charge is 2.33. The van der Waals surface area contributed by atoms with Crippen LogP contribution >= 0.6 is 0 Å². The molecule has 1 aliphatic carbocycles. The van der Waals surface area contributed by atoms with E-state index < -0.39 is 0 Å². The molecule has 0 unspecified atom stereocenters. The molecule has 17 heavy (non-hydrogen) atoms. The number of amides is 1. The molecule has 1 aromatic rings. The van der Waals surface area contributed by atoms with Crippen molar-refractivity contribution in [3.05, 3.63) is 30.3 Å². The van der Waals surface area contributed by atoms with Crippen LogP contribution in [0.15, 0.2) is 30.3 Å². The van der Waals surface area contributed by atoms with E-state index in [0.717, 1.165) is 18.5 Å². The van der Waals surface area contributed by atoms with E-state index in [1.807, 2.05) is 42.3 Å². The molecule has 1 amide bonds. The fourth-order valence-corrected chi connectivity index (χ4v) is 2.88. The molecule has 0 saturated heterocycles. The quantitative estimate of drug-likeness (QED) is 0.780. The second-order valence-corrected chi connectivity index (χ2v) is 4.94. The minimum Gasteiger partial charge on any atom is -0.315 e. The van der Waals surface area contributed by atoms with E-state index in [4.69, 9.17) is 0 Å². The maximum atomic E-state index is 12.4. The van der Waals surface area contributed by atoms with Gasteiger partial charge in [0.25, 0.3) is 0 Å². The van der Waals surface area contributed by atoms with Crippen molar-refractivity contribution in [3.63, 3.8) is 0 Å². The number of nitrogens with zero attached hydrogens (tertiary/aromatic N) is 1. The topological polar surface area (TPSA) is 20.3 Å². The van der Waals surface area contributed by atoms with Gasteiger partial charge in [-0.2, -0.15) is 0 Å². The number of benzene rings is 1. The van der Waals surface area contributed by atoms with Crippen LogP contribution in [0, 0.1) is 11.8 Å². The fraction of sp³-hybridized carbons (Fsp3) is 0.533. The number of rotatable bonds is 3. The Bertz CT molecular complexity index is 374. The maximum Gasteiger partial charge on any atom is 0.230 e. The molecule has 2 heteroatoms. The van der Waals surface area contributed by atoms with Crippen LogP contribution in [0.1, 0.15) is 32.6 Å². The number of hydrogen-bond donors (Lipinski definition) is 0. The molecule has 1 saturated carbocycles. The molecule has 0 N–H and O–H groups in total. The zero-order valence-corrected chi connectivity index (χ0v) is 10.7. The predicted octanol–water partition coefficient (Wildman–Crippen LogP) is 3.48. The molecule has 0 radical (unpaired) electrons. The van der Waals surface area contributed by atoms with E-state index in [2.05, 4.69) is 6.92 Å². The van der Waals surface area contributed by atoms with Crippen molar-refractivity contribution in [2.45, 2.75) is 32.6 Å². The lowest BCUT2D eigenvalue weighted by Crippen LogP contribution is -2.34. The molecule has 1 aliphatic rings. The Hall–Kier alpha value is -1.31. The molecular weight excluding hydrogens is 210 g/mol. The largest absolute Gasteiger partial charge is 0.315 e. The van der Waals surface area contributed by atoms with Crippen molar-refractivity contribution in [1.82, 2.24) is 0 Å². The third-order valence-electron chi connectivity index (χ3n) is 3.97. The second-order valence-electron chi connectivity index (χ2n) is 4.94. The van der Waals surface area contributed by atoms with Gasteiger partial charge in [0.15, 0.2) is 0 Å². The number of anilines is 1. The van der Waals surface area contributed by atoms with E-state index in [9.17, 15) is 4.79 Å². The van der Waals surface area contributed by atoms with E-state index >= 15 is 0 Å². The van der Waals surface area contributed by atoms with E-state index in [1.165, 1.54) is 12.8 Å². The van der Waals surface area contributed by atoms with Gasteiger partial charge in [-0.25, -0.2) is 0 Å². The Labute approximate surface area is 104 Å². The van der Waals surface area contributed by atoms with Crippen molar-refractivity contribution >= 4 is 11.6 Å². The van der Waals surface area contributed by atoms with Crippen LogP contribution in [0.5, 0.6) is 0 Å². The molecule has 1 fully saturated rings. The maximum absolute atomic E-state index is 12.4. The van der Waals surface area contributed by atoms with E-state index in [0.29, 0.717) is 11.8 Å². The molecular formula is C15H21NO. The predicted molar refractivity (Wildman–Crippen MR) is 71.0 cm³/mol.